The third-order valence-corrected chi connectivity index (χ3v) is 4.09. The molecule has 1 aromatic carbocycles. The molecule has 0 spiro atoms. The number of aromatic nitrogens is 2. The van der Waals surface area contributed by atoms with Crippen molar-refractivity contribution in [2.24, 2.45) is 7.05 Å². The number of aryl methyl sites for hydroxylation is 3. The lowest BCUT2D eigenvalue weighted by Gasteiger charge is -2.07. The van der Waals surface area contributed by atoms with E-state index in [0.29, 0.717) is 0 Å². The van der Waals surface area contributed by atoms with Gasteiger partial charge in [-0.05, 0) is 18.6 Å². The number of fused-ring (bicyclic) bond motifs is 3. The Morgan fingerprint density at radius 1 is 1.19 bits per heavy atom. The minimum Gasteiger partial charge on any atom is -1.00 e. The zero-order chi connectivity index (χ0) is 14.3. The van der Waals surface area contributed by atoms with Crippen LogP contribution < -0.4 is 33.3 Å². The minimum absolute atomic E-state index is 0. The molecule has 0 amide bonds. The molecule has 0 N–H and O–H groups in total. The molecule has 0 aliphatic carbocycles. The summed E-state index contributed by atoms with van der Waals surface area (Å²) in [5.41, 5.74) is 3.89. The Labute approximate surface area is 142 Å². The summed E-state index contributed by atoms with van der Waals surface area (Å²) in [6.45, 7) is 5.43. The number of benzene rings is 1. The monoisotopic (exact) mass is 396 g/mol. The fraction of sp³-hybridized carbons (Fsp3) is 0.353. The van der Waals surface area contributed by atoms with Crippen molar-refractivity contribution in [1.82, 2.24) is 4.57 Å². The maximum absolute atomic E-state index is 5.39. The third-order valence-electron chi connectivity index (χ3n) is 4.09. The number of pyridine rings is 1. The Balaban J connectivity index is 0.00000161. The smallest absolute Gasteiger partial charge is 0.202 e. The molecule has 0 aliphatic rings. The normalized spacial score (nSPS) is 10.9. The molecule has 112 valence electrons. The third kappa shape index (κ3) is 2.50. The topological polar surface area (TPSA) is 18.0 Å². The lowest BCUT2D eigenvalue weighted by molar-refractivity contribution is -0.676. The Morgan fingerprint density at radius 2 is 1.95 bits per heavy atom. The molecule has 0 fully saturated rings. The molecule has 0 atom stereocenters. The summed E-state index contributed by atoms with van der Waals surface area (Å²) in [5, 5.41) is 2.63. The number of nitrogens with zero attached hydrogens (tertiary/aromatic N) is 2. The highest BCUT2D eigenvalue weighted by atomic mass is 127. The zero-order valence-corrected chi connectivity index (χ0v) is 15.1. The molecule has 4 heteroatoms. The van der Waals surface area contributed by atoms with Gasteiger partial charge in [-0.1, -0.05) is 6.92 Å². The van der Waals surface area contributed by atoms with Crippen LogP contribution in [0.1, 0.15) is 19.0 Å². The van der Waals surface area contributed by atoms with Gasteiger partial charge in [-0.3, -0.25) is 0 Å². The number of hydrogen-bond acceptors (Lipinski definition) is 1. The Morgan fingerprint density at radius 3 is 2.62 bits per heavy atom. The van der Waals surface area contributed by atoms with Crippen molar-refractivity contribution in [3.05, 3.63) is 36.2 Å². The van der Waals surface area contributed by atoms with E-state index in [1.54, 1.807) is 7.11 Å². The van der Waals surface area contributed by atoms with E-state index in [-0.39, 0.29) is 24.0 Å². The zero-order valence-electron chi connectivity index (χ0n) is 13.0. The minimum atomic E-state index is 0. The second-order valence-electron chi connectivity index (χ2n) is 5.31. The predicted molar refractivity (Wildman–Crippen MR) is 82.2 cm³/mol. The van der Waals surface area contributed by atoms with E-state index in [2.05, 4.69) is 54.4 Å². The quantitative estimate of drug-likeness (QED) is 0.462. The highest BCUT2D eigenvalue weighted by molar-refractivity contribution is 6.08. The van der Waals surface area contributed by atoms with E-state index in [4.69, 9.17) is 4.74 Å². The molecule has 0 aliphatic heterocycles. The highest BCUT2D eigenvalue weighted by Crippen LogP contribution is 2.32. The molecular weight excluding hydrogens is 375 g/mol. The first kappa shape index (κ1) is 16.1. The van der Waals surface area contributed by atoms with Gasteiger partial charge in [0, 0.05) is 36.4 Å². The van der Waals surface area contributed by atoms with Crippen LogP contribution in [0.15, 0.2) is 30.5 Å². The number of hydrogen-bond donors (Lipinski definition) is 0. The average molecular weight is 396 g/mol. The second-order valence-corrected chi connectivity index (χ2v) is 5.31. The van der Waals surface area contributed by atoms with Crippen LogP contribution in [-0.2, 0) is 13.6 Å². The summed E-state index contributed by atoms with van der Waals surface area (Å²) in [6, 6.07) is 8.57. The average Bonchev–Trinajstić information content (AvgIpc) is 2.77. The van der Waals surface area contributed by atoms with E-state index >= 15 is 0 Å². The van der Waals surface area contributed by atoms with E-state index < -0.39 is 0 Å². The van der Waals surface area contributed by atoms with Crippen molar-refractivity contribution < 1.29 is 33.3 Å². The number of halogens is 1. The molecule has 3 rings (SSSR count). The Hall–Kier alpha value is -1.30. The van der Waals surface area contributed by atoms with Gasteiger partial charge in [0.25, 0.3) is 0 Å². The summed E-state index contributed by atoms with van der Waals surface area (Å²) >= 11 is 0. The van der Waals surface area contributed by atoms with Crippen LogP contribution in [0.2, 0.25) is 0 Å². The predicted octanol–water partition coefficient (Wildman–Crippen LogP) is 0.350. The van der Waals surface area contributed by atoms with Crippen molar-refractivity contribution in [2.45, 2.75) is 26.8 Å². The van der Waals surface area contributed by atoms with Crippen LogP contribution in [0, 0.1) is 6.92 Å². The lowest BCUT2D eigenvalue weighted by atomic mass is 10.1. The van der Waals surface area contributed by atoms with E-state index in [9.17, 15) is 0 Å². The van der Waals surface area contributed by atoms with Crippen LogP contribution in [0.5, 0.6) is 5.75 Å². The van der Waals surface area contributed by atoms with Crippen molar-refractivity contribution in [2.75, 3.05) is 7.11 Å². The summed E-state index contributed by atoms with van der Waals surface area (Å²) < 4.78 is 9.99. The van der Waals surface area contributed by atoms with Crippen molar-refractivity contribution in [3.8, 4) is 5.75 Å². The maximum atomic E-state index is 5.39. The van der Waals surface area contributed by atoms with Gasteiger partial charge in [0.2, 0.25) is 5.69 Å². The fourth-order valence-electron chi connectivity index (χ4n) is 2.96. The molecule has 3 aromatic rings. The van der Waals surface area contributed by atoms with Gasteiger partial charge in [0.05, 0.1) is 12.6 Å². The van der Waals surface area contributed by atoms with Gasteiger partial charge < -0.3 is 33.3 Å². The Kier molecular flexibility index (Phi) is 4.76. The molecule has 0 unspecified atom stereocenters. The first-order chi connectivity index (χ1) is 9.67. The van der Waals surface area contributed by atoms with Gasteiger partial charge in [-0.15, -0.1) is 0 Å². The number of ether oxygens (including phenoxy) is 1. The molecule has 0 saturated carbocycles. The van der Waals surface area contributed by atoms with Crippen LogP contribution in [0.25, 0.3) is 21.8 Å². The molecule has 21 heavy (non-hydrogen) atoms. The molecule has 0 bridgehead atoms. The van der Waals surface area contributed by atoms with Crippen LogP contribution in [0.3, 0.4) is 0 Å². The molecular formula is C17H21IN2O. The molecule has 0 radical (unpaired) electrons. The number of rotatable bonds is 3. The molecule has 3 nitrogen and oxygen atoms in total. The second kappa shape index (κ2) is 6.22. The van der Waals surface area contributed by atoms with Gasteiger partial charge in [0.15, 0.2) is 6.20 Å². The van der Waals surface area contributed by atoms with Gasteiger partial charge >= 0.3 is 0 Å². The Bertz CT molecular complexity index is 792. The molecule has 2 heterocycles. The van der Waals surface area contributed by atoms with Gasteiger partial charge in [-0.25, -0.2) is 4.57 Å². The van der Waals surface area contributed by atoms with Crippen LogP contribution >= 0.6 is 0 Å². The van der Waals surface area contributed by atoms with E-state index in [0.717, 1.165) is 18.7 Å². The summed E-state index contributed by atoms with van der Waals surface area (Å²) in [6.07, 6.45) is 3.26. The summed E-state index contributed by atoms with van der Waals surface area (Å²) in [4.78, 5) is 0. The van der Waals surface area contributed by atoms with Crippen LogP contribution in [0.4, 0.5) is 0 Å². The first-order valence-corrected chi connectivity index (χ1v) is 7.12. The maximum Gasteiger partial charge on any atom is 0.202 e. The molecule has 0 saturated heterocycles. The van der Waals surface area contributed by atoms with Crippen molar-refractivity contribution in [1.29, 1.82) is 0 Å². The number of methoxy groups -OCH3 is 1. The SMILES string of the molecule is CCCn1c2cc(OC)ccc2c2cc[n+](C)c(C)c21.[I-]. The summed E-state index contributed by atoms with van der Waals surface area (Å²) in [7, 11) is 3.82. The standard InChI is InChI=1S/C17H21N2O.HI/c1-5-9-19-16-11-13(20-4)6-7-14(16)15-8-10-18(3)12(2)17(15)19;/h6-8,10-11H,5,9H2,1-4H3;1H/q+1;/p-1. The van der Waals surface area contributed by atoms with E-state index in [1.807, 2.05) is 6.07 Å². The fourth-order valence-corrected chi connectivity index (χ4v) is 2.96. The highest BCUT2D eigenvalue weighted by Gasteiger charge is 2.17. The lowest BCUT2D eigenvalue weighted by Crippen LogP contribution is -3.00. The largest absolute Gasteiger partial charge is 1.00 e. The van der Waals surface area contributed by atoms with E-state index in [1.165, 1.54) is 27.5 Å². The summed E-state index contributed by atoms with van der Waals surface area (Å²) in [5.74, 6) is 0.916. The first-order valence-electron chi connectivity index (χ1n) is 7.12. The molecule has 2 aromatic heterocycles. The van der Waals surface area contributed by atoms with Gasteiger partial charge in [0.1, 0.15) is 18.3 Å². The van der Waals surface area contributed by atoms with Crippen LogP contribution in [-0.4, -0.2) is 11.7 Å². The van der Waals surface area contributed by atoms with Gasteiger partial charge in [-0.2, -0.15) is 0 Å². The van der Waals surface area contributed by atoms with Crippen molar-refractivity contribution >= 4 is 21.8 Å². The van der Waals surface area contributed by atoms with Crippen molar-refractivity contribution in [3.63, 3.8) is 0 Å².